The summed E-state index contributed by atoms with van der Waals surface area (Å²) < 4.78 is 6.51. The monoisotopic (exact) mass is 324 g/mol. The fourth-order valence-electron chi connectivity index (χ4n) is 3.14. The molecule has 1 nitrogen and oxygen atoms in total. The summed E-state index contributed by atoms with van der Waals surface area (Å²) >= 11 is 7.89. The molecule has 1 aromatic carbocycles. The Balaban J connectivity index is 1.88. The number of fused-ring (bicyclic) bond motifs is 1. The van der Waals surface area contributed by atoms with Gasteiger partial charge in [0.2, 0.25) is 0 Å². The molecule has 0 aromatic heterocycles. The van der Waals surface area contributed by atoms with Crippen molar-refractivity contribution in [2.24, 2.45) is 5.92 Å². The summed E-state index contributed by atoms with van der Waals surface area (Å²) in [7, 11) is 0. The van der Waals surface area contributed by atoms with Gasteiger partial charge in [0, 0.05) is 10.6 Å². The van der Waals surface area contributed by atoms with Crippen LogP contribution < -0.4 is 5.30 Å². The van der Waals surface area contributed by atoms with E-state index in [1.165, 1.54) is 23.7 Å². The van der Waals surface area contributed by atoms with Crippen LogP contribution in [0.1, 0.15) is 33.1 Å². The molecular weight excluding hydrogens is 303 g/mol. The van der Waals surface area contributed by atoms with E-state index in [-0.39, 0.29) is 5.60 Å². The Bertz CT molecular complexity index is 571. The van der Waals surface area contributed by atoms with Crippen LogP contribution in [0.4, 0.5) is 0 Å². The van der Waals surface area contributed by atoms with Gasteiger partial charge in [-0.3, -0.25) is 0 Å². The smallest absolute Gasteiger partial charge is 0.149 e. The highest BCUT2D eigenvalue weighted by Crippen LogP contribution is 2.73. The van der Waals surface area contributed by atoms with E-state index >= 15 is 0 Å². The van der Waals surface area contributed by atoms with Gasteiger partial charge in [0.05, 0.1) is 5.60 Å². The van der Waals surface area contributed by atoms with E-state index in [2.05, 4.69) is 44.7 Å². The molecule has 4 atom stereocenters. The van der Waals surface area contributed by atoms with Crippen molar-refractivity contribution >= 4 is 34.0 Å². The molecule has 1 saturated carbocycles. The van der Waals surface area contributed by atoms with Crippen LogP contribution >= 0.6 is 16.8 Å². The molecule has 1 aliphatic carbocycles. The van der Waals surface area contributed by atoms with Gasteiger partial charge in [-0.25, -0.2) is 0 Å². The van der Waals surface area contributed by atoms with Crippen molar-refractivity contribution < 1.29 is 4.52 Å². The van der Waals surface area contributed by atoms with Crippen molar-refractivity contribution in [2.45, 2.75) is 44.0 Å². The maximum Gasteiger partial charge on any atom is 0.149 e. The van der Waals surface area contributed by atoms with Crippen LogP contribution in [0.3, 0.4) is 0 Å². The number of hydrogen-bond acceptors (Lipinski definition) is 3. The molecule has 3 rings (SSSR count). The summed E-state index contributed by atoms with van der Waals surface area (Å²) in [5.41, 5.74) is -0.657. The fraction of sp³-hybridized carbons (Fsp3) is 0.500. The average Bonchev–Trinajstić information content (AvgIpc) is 2.70. The maximum absolute atomic E-state index is 6.51. The van der Waals surface area contributed by atoms with Gasteiger partial charge in [0.25, 0.3) is 0 Å². The third kappa shape index (κ3) is 2.54. The summed E-state index contributed by atoms with van der Waals surface area (Å²) in [5, 5.41) is 1.73. The number of hydrogen-bond donors (Lipinski definition) is 0. The topological polar surface area (TPSA) is 9.23 Å². The minimum Gasteiger partial charge on any atom is -0.331 e. The van der Waals surface area contributed by atoms with E-state index < -0.39 is 5.47 Å². The quantitative estimate of drug-likeness (QED) is 0.566. The van der Waals surface area contributed by atoms with Crippen LogP contribution in [0.5, 0.6) is 0 Å². The lowest BCUT2D eigenvalue weighted by molar-refractivity contribution is 0.0685. The highest BCUT2D eigenvalue weighted by molar-refractivity contribution is 8.72. The van der Waals surface area contributed by atoms with Crippen molar-refractivity contribution in [3.05, 3.63) is 42.5 Å². The van der Waals surface area contributed by atoms with Crippen molar-refractivity contribution in [1.29, 1.82) is 0 Å². The second-order valence-electron chi connectivity index (χ2n) is 6.15. The van der Waals surface area contributed by atoms with Gasteiger partial charge >= 0.3 is 0 Å². The molecule has 0 radical (unpaired) electrons. The molecule has 0 spiro atoms. The molecule has 2 fully saturated rings. The van der Waals surface area contributed by atoms with Crippen LogP contribution in [-0.4, -0.2) is 10.9 Å². The van der Waals surface area contributed by atoms with Gasteiger partial charge < -0.3 is 4.52 Å². The summed E-state index contributed by atoms with van der Waals surface area (Å²) in [6.07, 6.45) is 3.46. The van der Waals surface area contributed by atoms with Gasteiger partial charge in [-0.15, -0.1) is 0 Å². The van der Waals surface area contributed by atoms with Gasteiger partial charge in [0.1, 0.15) is 5.47 Å². The molecular formula is C16H21OPS2. The Kier molecular flexibility index (Phi) is 3.92. The SMILES string of the molecule is C=C(C)[C@H]1CC[C@@]2(C)O[P@@](=S)(c3ccccc3)S[C@@H]2C1. The standard InChI is InChI=1S/C16H21OPS2/c1-12(2)13-9-10-16(3)15(11-13)20-18(19,17-16)14-7-5-4-6-8-14/h4-8,13,15H,1,9-11H2,2-3H3/t13-,15+,16+,18+/m0/s1. The number of benzene rings is 1. The van der Waals surface area contributed by atoms with Gasteiger partial charge in [-0.1, -0.05) is 65.7 Å². The maximum atomic E-state index is 6.51. The molecule has 0 bridgehead atoms. The van der Waals surface area contributed by atoms with Crippen LogP contribution in [0, 0.1) is 5.92 Å². The predicted octanol–water partition coefficient (Wildman–Crippen LogP) is 4.89. The Morgan fingerprint density at radius 2 is 2.15 bits per heavy atom. The zero-order chi connectivity index (χ0) is 14.4. The van der Waals surface area contributed by atoms with E-state index in [0.717, 1.165) is 6.42 Å². The Morgan fingerprint density at radius 3 is 2.80 bits per heavy atom. The van der Waals surface area contributed by atoms with Crippen molar-refractivity contribution in [1.82, 2.24) is 0 Å². The fourth-order valence-corrected chi connectivity index (χ4v) is 10.9. The van der Waals surface area contributed by atoms with Crippen LogP contribution in [-0.2, 0) is 16.3 Å². The van der Waals surface area contributed by atoms with Crippen LogP contribution in [0.15, 0.2) is 42.5 Å². The van der Waals surface area contributed by atoms with Gasteiger partial charge in [-0.05, 0) is 39.0 Å². The van der Waals surface area contributed by atoms with Crippen molar-refractivity contribution in [2.75, 3.05) is 0 Å². The summed E-state index contributed by atoms with van der Waals surface area (Å²) in [6.45, 7) is 8.56. The third-order valence-corrected chi connectivity index (χ3v) is 11.4. The van der Waals surface area contributed by atoms with Crippen molar-refractivity contribution in [3.8, 4) is 0 Å². The minimum absolute atomic E-state index is 0.0397. The predicted molar refractivity (Wildman–Crippen MR) is 93.4 cm³/mol. The van der Waals surface area contributed by atoms with E-state index in [1.807, 2.05) is 17.4 Å². The summed E-state index contributed by atoms with van der Waals surface area (Å²) in [5.74, 6) is 0.640. The summed E-state index contributed by atoms with van der Waals surface area (Å²) in [4.78, 5) is 0. The first-order valence-corrected chi connectivity index (χ1v) is 11.3. The van der Waals surface area contributed by atoms with E-state index in [1.54, 1.807) is 0 Å². The van der Waals surface area contributed by atoms with Crippen molar-refractivity contribution in [3.63, 3.8) is 0 Å². The highest BCUT2D eigenvalue weighted by Gasteiger charge is 2.52. The zero-order valence-corrected chi connectivity index (χ0v) is 14.6. The third-order valence-electron chi connectivity index (χ3n) is 4.53. The number of rotatable bonds is 2. The normalized spacial score (nSPS) is 40.3. The van der Waals surface area contributed by atoms with Crippen LogP contribution in [0.2, 0.25) is 0 Å². The molecule has 1 saturated heterocycles. The summed E-state index contributed by atoms with van der Waals surface area (Å²) in [6, 6.07) is 10.4. The molecule has 0 N–H and O–H groups in total. The van der Waals surface area contributed by atoms with Gasteiger partial charge in [-0.2, -0.15) is 0 Å². The van der Waals surface area contributed by atoms with E-state index in [4.69, 9.17) is 16.3 Å². The first kappa shape index (κ1) is 14.8. The minimum atomic E-state index is -1.93. The highest BCUT2D eigenvalue weighted by atomic mass is 32.9. The molecule has 0 unspecified atom stereocenters. The molecule has 2 aliphatic rings. The van der Waals surface area contributed by atoms with E-state index in [0.29, 0.717) is 11.2 Å². The zero-order valence-electron chi connectivity index (χ0n) is 12.0. The second-order valence-corrected chi connectivity index (χ2v) is 13.0. The van der Waals surface area contributed by atoms with E-state index in [9.17, 15) is 0 Å². The first-order valence-electron chi connectivity index (χ1n) is 7.13. The average molecular weight is 324 g/mol. The molecule has 1 aliphatic heterocycles. The first-order chi connectivity index (χ1) is 9.43. The molecule has 20 heavy (non-hydrogen) atoms. The van der Waals surface area contributed by atoms with Crippen LogP contribution in [0.25, 0.3) is 0 Å². The number of allylic oxidation sites excluding steroid dienone is 1. The molecule has 4 heteroatoms. The molecule has 0 amide bonds. The Labute approximate surface area is 131 Å². The molecule has 1 heterocycles. The molecule has 1 aromatic rings. The lowest BCUT2D eigenvalue weighted by atomic mass is 9.77. The second kappa shape index (κ2) is 5.28. The Hall–Kier alpha value is -0.0800. The molecule has 108 valence electrons. The Morgan fingerprint density at radius 1 is 1.45 bits per heavy atom. The lowest BCUT2D eigenvalue weighted by Crippen LogP contribution is -2.40. The largest absolute Gasteiger partial charge is 0.331 e. The lowest BCUT2D eigenvalue weighted by Gasteiger charge is -2.38. The van der Waals surface area contributed by atoms with Gasteiger partial charge in [0.15, 0.2) is 0 Å².